The predicted octanol–water partition coefficient (Wildman–Crippen LogP) is 2.04. The van der Waals surface area contributed by atoms with Crippen LogP contribution in [-0.2, 0) is 9.47 Å². The van der Waals surface area contributed by atoms with Gasteiger partial charge in [0.2, 0.25) is 0 Å². The summed E-state index contributed by atoms with van der Waals surface area (Å²) >= 11 is 5.53. The second-order valence-electron chi connectivity index (χ2n) is 4.85. The van der Waals surface area contributed by atoms with Crippen molar-refractivity contribution in [2.24, 2.45) is 0 Å². The molecule has 19 heavy (non-hydrogen) atoms. The molecule has 2 fully saturated rings. The third-order valence-electron chi connectivity index (χ3n) is 3.50. The minimum absolute atomic E-state index is 0.0205. The van der Waals surface area contributed by atoms with Gasteiger partial charge in [0.25, 0.3) is 0 Å². The number of allylic oxidation sites excluding steroid dienone is 2. The number of hydrogen-bond acceptors (Lipinski definition) is 3. The summed E-state index contributed by atoms with van der Waals surface area (Å²) in [5.74, 6) is 2.87. The van der Waals surface area contributed by atoms with Crippen LogP contribution in [-0.4, -0.2) is 41.5 Å². The molecular weight excluding hydrogens is 264 g/mol. The maximum Gasteiger partial charge on any atom is 0.0877 e. The topological polar surface area (TPSA) is 38.7 Å². The number of aliphatic hydroxyl groups excluding tert-OH is 1. The van der Waals surface area contributed by atoms with Gasteiger partial charge in [0.1, 0.15) is 0 Å². The van der Waals surface area contributed by atoms with Crippen molar-refractivity contribution in [1.82, 2.24) is 0 Å². The molecule has 3 nitrogen and oxygen atoms in total. The lowest BCUT2D eigenvalue weighted by Crippen LogP contribution is -2.37. The molecule has 4 heteroatoms. The van der Waals surface area contributed by atoms with Crippen LogP contribution in [0.3, 0.4) is 0 Å². The molecule has 2 aliphatic rings. The number of fused-ring (bicyclic) bond motifs is 2. The highest BCUT2D eigenvalue weighted by Crippen LogP contribution is 2.38. The second kappa shape index (κ2) is 7.12. The van der Waals surface area contributed by atoms with Crippen LogP contribution in [0.15, 0.2) is 24.3 Å². The lowest BCUT2D eigenvalue weighted by atomic mass is 10.1. The van der Waals surface area contributed by atoms with E-state index in [0.29, 0.717) is 12.3 Å². The number of rotatable bonds is 6. The number of halogens is 1. The van der Waals surface area contributed by atoms with Gasteiger partial charge in [-0.05, 0) is 12.5 Å². The fourth-order valence-electron chi connectivity index (χ4n) is 2.65. The molecule has 2 saturated heterocycles. The van der Waals surface area contributed by atoms with Gasteiger partial charge in [-0.3, -0.25) is 0 Å². The van der Waals surface area contributed by atoms with Crippen molar-refractivity contribution in [3.8, 4) is 12.3 Å². The zero-order valence-corrected chi connectivity index (χ0v) is 11.5. The van der Waals surface area contributed by atoms with Gasteiger partial charge >= 0.3 is 0 Å². The van der Waals surface area contributed by atoms with Gasteiger partial charge in [-0.2, -0.15) is 0 Å². The van der Waals surface area contributed by atoms with Crippen LogP contribution in [0, 0.1) is 12.3 Å². The minimum atomic E-state index is -0.522. The lowest BCUT2D eigenvalue weighted by Gasteiger charge is -2.29. The van der Waals surface area contributed by atoms with Crippen LogP contribution >= 0.6 is 11.6 Å². The Balaban J connectivity index is 1.78. The van der Waals surface area contributed by atoms with E-state index in [-0.39, 0.29) is 24.4 Å². The van der Waals surface area contributed by atoms with E-state index in [1.54, 1.807) is 18.2 Å². The first-order valence-electron chi connectivity index (χ1n) is 6.57. The van der Waals surface area contributed by atoms with Crippen molar-refractivity contribution < 1.29 is 14.6 Å². The molecule has 0 aromatic carbocycles. The largest absolute Gasteiger partial charge is 0.389 e. The highest BCUT2D eigenvalue weighted by molar-refractivity contribution is 6.18. The van der Waals surface area contributed by atoms with E-state index in [0.717, 1.165) is 12.8 Å². The van der Waals surface area contributed by atoms with Crippen molar-refractivity contribution in [3.63, 3.8) is 0 Å². The zero-order valence-electron chi connectivity index (χ0n) is 10.7. The molecule has 0 radical (unpaired) electrons. The monoisotopic (exact) mass is 282 g/mol. The van der Waals surface area contributed by atoms with Crippen LogP contribution in [0.5, 0.6) is 0 Å². The number of alkyl halides is 1. The molecule has 2 aliphatic heterocycles. The Morgan fingerprint density at radius 3 is 2.68 bits per heavy atom. The van der Waals surface area contributed by atoms with Crippen LogP contribution in [0.4, 0.5) is 0 Å². The van der Waals surface area contributed by atoms with Gasteiger partial charge in [-0.15, -0.1) is 18.0 Å². The Bertz CT molecular complexity index is 385. The molecule has 1 N–H and O–H groups in total. The van der Waals surface area contributed by atoms with Crippen molar-refractivity contribution in [2.75, 3.05) is 5.88 Å². The van der Waals surface area contributed by atoms with Gasteiger partial charge in [0, 0.05) is 18.7 Å². The summed E-state index contributed by atoms with van der Waals surface area (Å²) in [6.45, 7) is 0. The van der Waals surface area contributed by atoms with Crippen LogP contribution < -0.4 is 0 Å². The Morgan fingerprint density at radius 1 is 1.32 bits per heavy atom. The summed E-state index contributed by atoms with van der Waals surface area (Å²) < 4.78 is 11.8. The Kier molecular flexibility index (Phi) is 5.47. The molecule has 104 valence electrons. The highest BCUT2D eigenvalue weighted by atomic mass is 35.5. The molecule has 2 heterocycles. The van der Waals surface area contributed by atoms with Crippen LogP contribution in [0.1, 0.15) is 19.3 Å². The minimum Gasteiger partial charge on any atom is -0.389 e. The maximum absolute atomic E-state index is 9.79. The fourth-order valence-corrected chi connectivity index (χ4v) is 2.76. The van der Waals surface area contributed by atoms with E-state index < -0.39 is 6.10 Å². The fraction of sp³-hybridized carbons (Fsp3) is 0.600. The molecule has 2 bridgehead atoms. The zero-order chi connectivity index (χ0) is 13.7. The summed E-state index contributed by atoms with van der Waals surface area (Å²) in [6, 6.07) is 0. The van der Waals surface area contributed by atoms with E-state index in [1.807, 2.05) is 6.08 Å². The van der Waals surface area contributed by atoms with Crippen molar-refractivity contribution in [2.45, 2.75) is 49.8 Å². The average molecular weight is 283 g/mol. The molecule has 0 saturated carbocycles. The standard InChI is InChI=1S/C15H19ClO3/c1-2-3-4-7-12-14-10-15(18-12)13(19-14)9-11(17)6-5-8-16/h1,3-6,11-15,17H,7-10H2. The Hall–Kier alpha value is -0.790. The summed E-state index contributed by atoms with van der Waals surface area (Å²) in [7, 11) is 0. The van der Waals surface area contributed by atoms with Gasteiger partial charge in [-0.1, -0.05) is 24.1 Å². The number of ether oxygens (including phenoxy) is 2. The molecule has 0 aromatic rings. The summed E-state index contributed by atoms with van der Waals surface area (Å²) in [5, 5.41) is 9.79. The smallest absolute Gasteiger partial charge is 0.0877 e. The first-order chi connectivity index (χ1) is 9.24. The molecular formula is C15H19ClO3. The molecule has 0 aromatic heterocycles. The van der Waals surface area contributed by atoms with Crippen molar-refractivity contribution >= 4 is 11.6 Å². The van der Waals surface area contributed by atoms with E-state index in [4.69, 9.17) is 27.5 Å². The van der Waals surface area contributed by atoms with E-state index in [2.05, 4.69) is 5.92 Å². The molecule has 0 amide bonds. The van der Waals surface area contributed by atoms with E-state index in [9.17, 15) is 5.11 Å². The number of hydrogen-bond donors (Lipinski definition) is 1. The number of aliphatic hydroxyl groups is 1. The van der Waals surface area contributed by atoms with Crippen molar-refractivity contribution in [3.05, 3.63) is 24.3 Å². The summed E-state index contributed by atoms with van der Waals surface area (Å²) in [5.41, 5.74) is 0. The third-order valence-corrected chi connectivity index (χ3v) is 3.67. The average Bonchev–Trinajstić information content (AvgIpc) is 2.96. The quantitative estimate of drug-likeness (QED) is 0.460. The molecule has 0 spiro atoms. The highest BCUT2D eigenvalue weighted by Gasteiger charge is 2.47. The lowest BCUT2D eigenvalue weighted by molar-refractivity contribution is -0.142. The summed E-state index contributed by atoms with van der Waals surface area (Å²) in [4.78, 5) is 0. The van der Waals surface area contributed by atoms with Gasteiger partial charge in [-0.25, -0.2) is 0 Å². The molecule has 2 rings (SSSR count). The summed E-state index contributed by atoms with van der Waals surface area (Å²) in [6.07, 6.45) is 14.2. The van der Waals surface area contributed by atoms with Gasteiger partial charge < -0.3 is 14.6 Å². The SMILES string of the molecule is C#CC=CCC1OC2CC1OC2CC(O)C=CCCl. The van der Waals surface area contributed by atoms with Crippen molar-refractivity contribution in [1.29, 1.82) is 0 Å². The predicted molar refractivity (Wildman–Crippen MR) is 75.0 cm³/mol. The Morgan fingerprint density at radius 2 is 2.05 bits per heavy atom. The van der Waals surface area contributed by atoms with E-state index >= 15 is 0 Å². The first kappa shape index (κ1) is 14.6. The molecule has 5 atom stereocenters. The van der Waals surface area contributed by atoms with Crippen LogP contribution in [0.2, 0.25) is 0 Å². The van der Waals surface area contributed by atoms with Crippen LogP contribution in [0.25, 0.3) is 0 Å². The first-order valence-corrected chi connectivity index (χ1v) is 7.10. The van der Waals surface area contributed by atoms with Gasteiger partial charge in [0.15, 0.2) is 0 Å². The number of terminal acetylenes is 1. The molecule has 0 aliphatic carbocycles. The van der Waals surface area contributed by atoms with Gasteiger partial charge in [0.05, 0.1) is 30.5 Å². The second-order valence-corrected chi connectivity index (χ2v) is 5.16. The normalized spacial score (nSPS) is 35.2. The third kappa shape index (κ3) is 3.84. The Labute approximate surface area is 119 Å². The maximum atomic E-state index is 9.79. The molecule has 5 unspecified atom stereocenters. The van der Waals surface area contributed by atoms with E-state index in [1.165, 1.54) is 0 Å².